The van der Waals surface area contributed by atoms with E-state index in [0.29, 0.717) is 12.4 Å². The molecule has 1 fully saturated rings. The van der Waals surface area contributed by atoms with Gasteiger partial charge in [-0.1, -0.05) is 18.2 Å². The largest absolute Gasteiger partial charge is 0.472 e. The van der Waals surface area contributed by atoms with Crippen LogP contribution >= 0.6 is 24.0 Å². The first kappa shape index (κ1) is 21.1. The summed E-state index contributed by atoms with van der Waals surface area (Å²) in [5.74, 6) is 1.56. The van der Waals surface area contributed by atoms with Crippen molar-refractivity contribution in [3.8, 4) is 11.6 Å². The van der Waals surface area contributed by atoms with E-state index in [-0.39, 0.29) is 30.1 Å². The molecule has 4 rings (SSSR count). The molecule has 3 heterocycles. The van der Waals surface area contributed by atoms with Gasteiger partial charge >= 0.3 is 0 Å². The number of halogens is 1. The smallest absolute Gasteiger partial charge is 0.213 e. The number of imidazole rings is 1. The third kappa shape index (κ3) is 5.47. The Morgan fingerprint density at radius 1 is 1.24 bits per heavy atom. The molecule has 0 radical (unpaired) electrons. The topological polar surface area (TPSA) is 67.6 Å². The minimum absolute atomic E-state index is 0. The molecule has 1 unspecified atom stereocenters. The molecule has 1 aliphatic heterocycles. The first-order valence-corrected chi connectivity index (χ1v) is 9.42. The van der Waals surface area contributed by atoms with Gasteiger partial charge < -0.3 is 19.5 Å². The van der Waals surface area contributed by atoms with Gasteiger partial charge in [0.25, 0.3) is 0 Å². The van der Waals surface area contributed by atoms with Crippen LogP contribution in [0.1, 0.15) is 12.0 Å². The van der Waals surface area contributed by atoms with Gasteiger partial charge in [-0.05, 0) is 23.8 Å². The molecule has 0 spiro atoms. The number of aromatic nitrogens is 3. The number of nitrogens with one attached hydrogen (secondary N) is 1. The van der Waals surface area contributed by atoms with E-state index in [1.807, 2.05) is 36.0 Å². The SMILES string of the molecule is CN=C(NCc1cccc(-n2ccnc2)c1)N1CCC(Oc2ccccn2)C1.I. The molecule has 3 aromatic rings. The van der Waals surface area contributed by atoms with E-state index >= 15 is 0 Å². The van der Waals surface area contributed by atoms with Gasteiger partial charge in [0, 0.05) is 56.9 Å². The van der Waals surface area contributed by atoms with Crippen LogP contribution in [0, 0.1) is 0 Å². The molecular weight excluding hydrogens is 479 g/mol. The summed E-state index contributed by atoms with van der Waals surface area (Å²) in [4.78, 5) is 15.0. The van der Waals surface area contributed by atoms with Gasteiger partial charge in [0.1, 0.15) is 6.10 Å². The minimum Gasteiger partial charge on any atom is -0.472 e. The van der Waals surface area contributed by atoms with Crippen molar-refractivity contribution >= 4 is 29.9 Å². The Morgan fingerprint density at radius 2 is 2.17 bits per heavy atom. The number of aliphatic imine (C=N–C) groups is 1. The van der Waals surface area contributed by atoms with Crippen molar-refractivity contribution in [2.45, 2.75) is 19.1 Å². The second-order valence-electron chi connectivity index (χ2n) is 6.68. The van der Waals surface area contributed by atoms with Gasteiger partial charge in [-0.25, -0.2) is 9.97 Å². The fourth-order valence-corrected chi connectivity index (χ4v) is 3.36. The molecule has 0 saturated carbocycles. The predicted octanol–water partition coefficient (Wildman–Crippen LogP) is 3.11. The van der Waals surface area contributed by atoms with Crippen LogP contribution in [0.3, 0.4) is 0 Å². The van der Waals surface area contributed by atoms with Crippen LogP contribution in [-0.2, 0) is 6.54 Å². The van der Waals surface area contributed by atoms with Crippen LogP contribution in [-0.4, -0.2) is 51.6 Å². The van der Waals surface area contributed by atoms with Crippen LogP contribution in [0.15, 0.2) is 72.4 Å². The van der Waals surface area contributed by atoms with E-state index < -0.39 is 0 Å². The summed E-state index contributed by atoms with van der Waals surface area (Å²) >= 11 is 0. The second kappa shape index (κ2) is 10.2. The monoisotopic (exact) mass is 504 g/mol. The molecule has 0 bridgehead atoms. The van der Waals surface area contributed by atoms with Crippen LogP contribution in [0.4, 0.5) is 0 Å². The zero-order valence-electron chi connectivity index (χ0n) is 16.3. The quantitative estimate of drug-likeness (QED) is 0.329. The zero-order chi connectivity index (χ0) is 19.2. The van der Waals surface area contributed by atoms with E-state index in [4.69, 9.17) is 4.74 Å². The highest BCUT2D eigenvalue weighted by atomic mass is 127. The number of rotatable bonds is 5. The van der Waals surface area contributed by atoms with E-state index in [9.17, 15) is 0 Å². The van der Waals surface area contributed by atoms with E-state index in [1.54, 1.807) is 18.7 Å². The van der Waals surface area contributed by atoms with Gasteiger partial charge in [0.05, 0.1) is 12.9 Å². The number of hydrogen-bond acceptors (Lipinski definition) is 4. The Morgan fingerprint density at radius 3 is 2.93 bits per heavy atom. The van der Waals surface area contributed by atoms with Gasteiger partial charge in [-0.3, -0.25) is 4.99 Å². The van der Waals surface area contributed by atoms with Crippen LogP contribution < -0.4 is 10.1 Å². The van der Waals surface area contributed by atoms with Gasteiger partial charge in [-0.15, -0.1) is 24.0 Å². The fraction of sp³-hybridized carbons (Fsp3) is 0.286. The number of ether oxygens (including phenoxy) is 1. The number of benzene rings is 1. The zero-order valence-corrected chi connectivity index (χ0v) is 18.6. The van der Waals surface area contributed by atoms with Crippen molar-refractivity contribution in [1.82, 2.24) is 24.8 Å². The molecule has 8 heteroatoms. The summed E-state index contributed by atoms with van der Waals surface area (Å²) in [5.41, 5.74) is 2.28. The number of nitrogens with zero attached hydrogens (tertiary/aromatic N) is 5. The Kier molecular flexibility index (Phi) is 7.45. The van der Waals surface area contributed by atoms with Crippen molar-refractivity contribution in [1.29, 1.82) is 0 Å². The van der Waals surface area contributed by atoms with Crippen molar-refractivity contribution in [2.75, 3.05) is 20.1 Å². The third-order valence-electron chi connectivity index (χ3n) is 4.75. The summed E-state index contributed by atoms with van der Waals surface area (Å²) in [5, 5.41) is 3.46. The Balaban J connectivity index is 0.00000240. The van der Waals surface area contributed by atoms with E-state index in [0.717, 1.165) is 31.2 Å². The number of pyridine rings is 1. The lowest BCUT2D eigenvalue weighted by atomic mass is 10.2. The highest BCUT2D eigenvalue weighted by Gasteiger charge is 2.26. The minimum atomic E-state index is 0. The molecule has 152 valence electrons. The molecule has 0 aliphatic carbocycles. The summed E-state index contributed by atoms with van der Waals surface area (Å²) in [6.45, 7) is 2.41. The summed E-state index contributed by atoms with van der Waals surface area (Å²) in [6.07, 6.45) is 8.35. The molecule has 1 atom stereocenters. The van der Waals surface area contributed by atoms with Crippen molar-refractivity contribution in [2.24, 2.45) is 4.99 Å². The van der Waals surface area contributed by atoms with Crippen molar-refractivity contribution in [3.05, 3.63) is 72.9 Å². The first-order valence-electron chi connectivity index (χ1n) is 9.42. The highest BCUT2D eigenvalue weighted by molar-refractivity contribution is 14.0. The summed E-state index contributed by atoms with van der Waals surface area (Å²) in [7, 11) is 1.82. The van der Waals surface area contributed by atoms with Crippen molar-refractivity contribution in [3.63, 3.8) is 0 Å². The van der Waals surface area contributed by atoms with Crippen LogP contribution in [0.5, 0.6) is 5.88 Å². The lowest BCUT2D eigenvalue weighted by Gasteiger charge is -2.22. The Hall–Kier alpha value is -2.62. The molecule has 29 heavy (non-hydrogen) atoms. The summed E-state index contributed by atoms with van der Waals surface area (Å²) < 4.78 is 7.97. The van der Waals surface area contributed by atoms with Gasteiger partial charge in [-0.2, -0.15) is 0 Å². The van der Waals surface area contributed by atoms with Gasteiger partial charge in [0.2, 0.25) is 5.88 Å². The normalized spacial score (nSPS) is 16.4. The average Bonchev–Trinajstić information content (AvgIpc) is 3.42. The lowest BCUT2D eigenvalue weighted by Crippen LogP contribution is -2.40. The third-order valence-corrected chi connectivity index (χ3v) is 4.75. The standard InChI is InChI=1S/C21H24N6O.HI/c1-22-21(26-11-8-19(15-26)28-20-7-2-3-9-24-20)25-14-17-5-4-6-18(13-17)27-12-10-23-16-27;/h2-7,9-10,12-13,16,19H,8,11,14-15H2,1H3,(H,22,25);1H. The van der Waals surface area contributed by atoms with E-state index in [2.05, 4.69) is 49.4 Å². The average molecular weight is 504 g/mol. The van der Waals surface area contributed by atoms with Crippen molar-refractivity contribution < 1.29 is 4.74 Å². The van der Waals surface area contributed by atoms with E-state index in [1.165, 1.54) is 5.56 Å². The molecule has 1 saturated heterocycles. The fourth-order valence-electron chi connectivity index (χ4n) is 3.36. The highest BCUT2D eigenvalue weighted by Crippen LogP contribution is 2.16. The molecule has 7 nitrogen and oxygen atoms in total. The number of guanidine groups is 1. The number of likely N-dealkylation sites (tertiary alicyclic amines) is 1. The molecule has 0 amide bonds. The Labute approximate surface area is 187 Å². The van der Waals surface area contributed by atoms with Gasteiger partial charge in [0.15, 0.2) is 5.96 Å². The maximum absolute atomic E-state index is 5.98. The molecule has 1 aliphatic rings. The van der Waals surface area contributed by atoms with Crippen LogP contribution in [0.25, 0.3) is 5.69 Å². The molecule has 1 aromatic carbocycles. The molecule has 1 N–H and O–H groups in total. The molecular formula is C21H25IN6O. The maximum atomic E-state index is 5.98. The Bertz CT molecular complexity index is 916. The second-order valence-corrected chi connectivity index (χ2v) is 6.68. The predicted molar refractivity (Wildman–Crippen MR) is 124 cm³/mol. The molecule has 2 aromatic heterocycles. The first-order chi connectivity index (χ1) is 13.8. The summed E-state index contributed by atoms with van der Waals surface area (Å²) in [6, 6.07) is 14.1. The number of hydrogen-bond donors (Lipinski definition) is 1. The lowest BCUT2D eigenvalue weighted by molar-refractivity contribution is 0.205. The van der Waals surface area contributed by atoms with Crippen LogP contribution in [0.2, 0.25) is 0 Å². The maximum Gasteiger partial charge on any atom is 0.213 e.